The molecule has 0 aliphatic carbocycles. The van der Waals surface area contributed by atoms with Gasteiger partial charge in [0.2, 0.25) is 5.91 Å². The van der Waals surface area contributed by atoms with Gasteiger partial charge in [-0.25, -0.2) is 9.59 Å². The maximum absolute atomic E-state index is 11.6. The van der Waals surface area contributed by atoms with E-state index in [4.69, 9.17) is 4.74 Å². The molecule has 19 heavy (non-hydrogen) atoms. The summed E-state index contributed by atoms with van der Waals surface area (Å²) in [6.45, 7) is 7.87. The Balaban J connectivity index is 4.20. The predicted octanol–water partition coefficient (Wildman–Crippen LogP) is 0.579. The van der Waals surface area contributed by atoms with E-state index in [1.165, 1.54) is 21.0 Å². The van der Waals surface area contributed by atoms with Crippen LogP contribution < -0.4 is 10.6 Å². The smallest absolute Gasteiger partial charge is 0.408 e. The molecule has 0 atom stereocenters. The first-order valence-electron chi connectivity index (χ1n) is 5.84. The molecule has 0 heterocycles. The monoisotopic (exact) mass is 274 g/mol. The van der Waals surface area contributed by atoms with Crippen molar-refractivity contribution in [1.29, 1.82) is 0 Å². The summed E-state index contributed by atoms with van der Waals surface area (Å²) >= 11 is 0. The third-order valence-corrected chi connectivity index (χ3v) is 1.94. The van der Waals surface area contributed by atoms with E-state index in [1.807, 2.05) is 0 Å². The average Bonchev–Trinajstić information content (AvgIpc) is 2.22. The summed E-state index contributed by atoms with van der Waals surface area (Å²) < 4.78 is 9.51. The van der Waals surface area contributed by atoms with Crippen LogP contribution in [0.25, 0.3) is 0 Å². The highest BCUT2D eigenvalue weighted by Crippen LogP contribution is 2.06. The van der Waals surface area contributed by atoms with Crippen molar-refractivity contribution in [3.05, 3.63) is 0 Å². The fourth-order valence-corrected chi connectivity index (χ4v) is 1.17. The second-order valence-corrected chi connectivity index (χ2v) is 5.52. The Labute approximate surface area is 113 Å². The molecule has 2 N–H and O–H groups in total. The van der Waals surface area contributed by atoms with Gasteiger partial charge in [-0.2, -0.15) is 0 Å². The number of carbonyl (C=O) groups excluding carboxylic acids is 3. The van der Waals surface area contributed by atoms with Crippen LogP contribution in [0.2, 0.25) is 0 Å². The van der Waals surface area contributed by atoms with Gasteiger partial charge < -0.3 is 20.1 Å². The van der Waals surface area contributed by atoms with Crippen LogP contribution in [0.3, 0.4) is 0 Å². The molecular weight excluding hydrogens is 252 g/mol. The molecule has 0 aliphatic heterocycles. The molecule has 0 fully saturated rings. The number of rotatable bonds is 4. The Morgan fingerprint density at radius 1 is 1.05 bits per heavy atom. The molecule has 0 saturated heterocycles. The van der Waals surface area contributed by atoms with Crippen molar-refractivity contribution in [2.24, 2.45) is 0 Å². The lowest BCUT2D eigenvalue weighted by molar-refractivity contribution is -0.149. The van der Waals surface area contributed by atoms with Crippen molar-refractivity contribution in [2.45, 2.75) is 45.8 Å². The lowest BCUT2D eigenvalue weighted by atomic mass is 10.1. The number of ether oxygens (including phenoxy) is 2. The number of nitrogens with one attached hydrogen (secondary N) is 2. The first kappa shape index (κ1) is 17.2. The van der Waals surface area contributed by atoms with E-state index in [0.717, 1.165) is 0 Å². The predicted molar refractivity (Wildman–Crippen MR) is 68.5 cm³/mol. The maximum Gasteiger partial charge on any atom is 0.408 e. The minimum absolute atomic E-state index is 0.282. The average molecular weight is 274 g/mol. The normalized spacial score (nSPS) is 11.5. The van der Waals surface area contributed by atoms with Gasteiger partial charge in [-0.1, -0.05) is 0 Å². The van der Waals surface area contributed by atoms with Gasteiger partial charge >= 0.3 is 12.1 Å². The van der Waals surface area contributed by atoms with Crippen molar-refractivity contribution in [2.75, 3.05) is 13.7 Å². The molecule has 0 spiro atoms. The summed E-state index contributed by atoms with van der Waals surface area (Å²) in [5.41, 5.74) is -1.78. The van der Waals surface area contributed by atoms with E-state index in [1.54, 1.807) is 20.8 Å². The van der Waals surface area contributed by atoms with Gasteiger partial charge in [0.15, 0.2) is 0 Å². The van der Waals surface area contributed by atoms with Crippen LogP contribution in [-0.4, -0.2) is 42.8 Å². The third-order valence-electron chi connectivity index (χ3n) is 1.94. The Bertz CT molecular complexity index is 358. The molecule has 0 rings (SSSR count). The minimum Gasteiger partial charge on any atom is -0.467 e. The SMILES string of the molecule is COC(=O)C(C)(C)NC(=O)CNC(=O)OC(C)(C)C. The third kappa shape index (κ3) is 7.28. The molecule has 0 aromatic heterocycles. The van der Waals surface area contributed by atoms with Crippen LogP contribution in [-0.2, 0) is 19.1 Å². The number of methoxy groups -OCH3 is 1. The van der Waals surface area contributed by atoms with Gasteiger partial charge in [-0.15, -0.1) is 0 Å². The number of carbonyl (C=O) groups is 3. The number of hydrogen-bond donors (Lipinski definition) is 2. The van der Waals surface area contributed by atoms with Crippen molar-refractivity contribution in [3.63, 3.8) is 0 Å². The summed E-state index contributed by atoms with van der Waals surface area (Å²) in [5, 5.41) is 4.73. The highest BCUT2D eigenvalue weighted by molar-refractivity contribution is 5.89. The number of hydrogen-bond acceptors (Lipinski definition) is 5. The van der Waals surface area contributed by atoms with E-state index in [9.17, 15) is 14.4 Å². The molecule has 110 valence electrons. The molecule has 0 radical (unpaired) electrons. The molecule has 0 bridgehead atoms. The van der Waals surface area contributed by atoms with E-state index in [0.29, 0.717) is 0 Å². The summed E-state index contributed by atoms with van der Waals surface area (Å²) in [5.74, 6) is -1.08. The van der Waals surface area contributed by atoms with Crippen LogP contribution in [0, 0.1) is 0 Å². The van der Waals surface area contributed by atoms with Gasteiger partial charge in [0.05, 0.1) is 7.11 Å². The zero-order chi connectivity index (χ0) is 15.3. The topological polar surface area (TPSA) is 93.7 Å². The molecule has 2 amide bonds. The first-order chi connectivity index (χ1) is 8.48. The fraction of sp³-hybridized carbons (Fsp3) is 0.750. The molecule has 0 aromatic rings. The zero-order valence-electron chi connectivity index (χ0n) is 12.2. The van der Waals surface area contributed by atoms with E-state index < -0.39 is 29.1 Å². The van der Waals surface area contributed by atoms with Gasteiger partial charge in [0.25, 0.3) is 0 Å². The maximum atomic E-state index is 11.6. The molecule has 7 nitrogen and oxygen atoms in total. The zero-order valence-corrected chi connectivity index (χ0v) is 12.2. The Kier molecular flexibility index (Phi) is 5.80. The van der Waals surface area contributed by atoms with Crippen LogP contribution in [0.15, 0.2) is 0 Å². The minimum atomic E-state index is -1.15. The summed E-state index contributed by atoms with van der Waals surface area (Å²) in [7, 11) is 1.23. The van der Waals surface area contributed by atoms with E-state index >= 15 is 0 Å². The van der Waals surface area contributed by atoms with Crippen molar-refractivity contribution >= 4 is 18.0 Å². The van der Waals surface area contributed by atoms with Crippen LogP contribution >= 0.6 is 0 Å². The lowest BCUT2D eigenvalue weighted by Gasteiger charge is -2.23. The van der Waals surface area contributed by atoms with E-state index in [-0.39, 0.29) is 6.54 Å². The molecule has 0 aliphatic rings. The van der Waals surface area contributed by atoms with Gasteiger partial charge in [0, 0.05) is 0 Å². The van der Waals surface area contributed by atoms with Crippen molar-refractivity contribution < 1.29 is 23.9 Å². The summed E-state index contributed by atoms with van der Waals surface area (Å²) in [4.78, 5) is 34.2. The van der Waals surface area contributed by atoms with Gasteiger partial charge in [0.1, 0.15) is 17.7 Å². The Morgan fingerprint density at radius 3 is 2.00 bits per heavy atom. The second-order valence-electron chi connectivity index (χ2n) is 5.52. The molecule has 0 saturated carbocycles. The fourth-order valence-electron chi connectivity index (χ4n) is 1.17. The largest absolute Gasteiger partial charge is 0.467 e. The molecule has 7 heteroatoms. The number of alkyl carbamates (subject to hydrolysis) is 1. The lowest BCUT2D eigenvalue weighted by Crippen LogP contribution is -2.53. The van der Waals surface area contributed by atoms with Gasteiger partial charge in [-0.3, -0.25) is 4.79 Å². The Morgan fingerprint density at radius 2 is 1.58 bits per heavy atom. The van der Waals surface area contributed by atoms with Crippen molar-refractivity contribution in [3.8, 4) is 0 Å². The quantitative estimate of drug-likeness (QED) is 0.731. The Hall–Kier alpha value is -1.79. The molecule has 0 unspecified atom stereocenters. The van der Waals surface area contributed by atoms with Gasteiger partial charge in [-0.05, 0) is 34.6 Å². The van der Waals surface area contributed by atoms with Crippen LogP contribution in [0.5, 0.6) is 0 Å². The second kappa shape index (κ2) is 6.40. The molecular formula is C12H22N2O5. The highest BCUT2D eigenvalue weighted by atomic mass is 16.6. The standard InChI is InChI=1S/C12H22N2O5/c1-11(2,3)19-10(17)13-7-8(15)14-12(4,5)9(16)18-6/h7H2,1-6H3,(H,13,17)(H,14,15). The first-order valence-corrected chi connectivity index (χ1v) is 5.84. The molecule has 0 aromatic carbocycles. The number of esters is 1. The highest BCUT2D eigenvalue weighted by Gasteiger charge is 2.30. The van der Waals surface area contributed by atoms with E-state index in [2.05, 4.69) is 15.4 Å². The van der Waals surface area contributed by atoms with Crippen molar-refractivity contribution in [1.82, 2.24) is 10.6 Å². The number of amides is 2. The summed E-state index contributed by atoms with van der Waals surface area (Å²) in [6, 6.07) is 0. The van der Waals surface area contributed by atoms with Crippen LogP contribution in [0.1, 0.15) is 34.6 Å². The summed E-state index contributed by atoms with van der Waals surface area (Å²) in [6.07, 6.45) is -0.696. The van der Waals surface area contributed by atoms with Crippen LogP contribution in [0.4, 0.5) is 4.79 Å².